The topological polar surface area (TPSA) is 41.1 Å². The third kappa shape index (κ3) is 3.84. The quantitative estimate of drug-likeness (QED) is 0.724. The lowest BCUT2D eigenvalue weighted by atomic mass is 10.0. The number of hydrogen-bond acceptors (Lipinski definition) is 2. The molecule has 18 heavy (non-hydrogen) atoms. The number of hydrogen-bond donors (Lipinski definition) is 2. The van der Waals surface area contributed by atoms with Gasteiger partial charge in [-0.3, -0.25) is 4.79 Å². The first-order valence-electron chi connectivity index (χ1n) is 6.90. The zero-order chi connectivity index (χ0) is 12.8. The Morgan fingerprint density at radius 3 is 2.78 bits per heavy atom. The summed E-state index contributed by atoms with van der Waals surface area (Å²) >= 11 is 0. The number of amides is 1. The zero-order valence-electron chi connectivity index (χ0n) is 11.0. The van der Waals surface area contributed by atoms with E-state index in [1.807, 2.05) is 24.3 Å². The molecule has 1 aromatic rings. The van der Waals surface area contributed by atoms with Gasteiger partial charge in [-0.15, -0.1) is 0 Å². The highest BCUT2D eigenvalue weighted by molar-refractivity contribution is 5.95. The number of benzene rings is 1. The first-order valence-corrected chi connectivity index (χ1v) is 6.90. The summed E-state index contributed by atoms with van der Waals surface area (Å²) in [5.74, 6) is 0.0545. The summed E-state index contributed by atoms with van der Waals surface area (Å²) < 4.78 is 0. The second kappa shape index (κ2) is 6.55. The smallest absolute Gasteiger partial charge is 0.251 e. The Kier molecular flexibility index (Phi) is 4.76. The van der Waals surface area contributed by atoms with Gasteiger partial charge in [0.05, 0.1) is 0 Å². The Labute approximate surface area is 109 Å². The van der Waals surface area contributed by atoms with Crippen LogP contribution in [0.5, 0.6) is 0 Å². The summed E-state index contributed by atoms with van der Waals surface area (Å²) in [7, 11) is 0. The molecule has 3 heteroatoms. The van der Waals surface area contributed by atoms with Crippen molar-refractivity contribution in [2.24, 2.45) is 0 Å². The first-order chi connectivity index (χ1) is 8.81. The molecule has 0 atom stereocenters. The molecule has 2 rings (SSSR count). The molecule has 0 radical (unpaired) electrons. The summed E-state index contributed by atoms with van der Waals surface area (Å²) in [6.45, 7) is 3.82. The van der Waals surface area contributed by atoms with Crippen molar-refractivity contribution in [1.82, 2.24) is 10.6 Å². The fourth-order valence-corrected chi connectivity index (χ4v) is 2.03. The molecular weight excluding hydrogens is 224 g/mol. The maximum Gasteiger partial charge on any atom is 0.251 e. The number of carbonyl (C=O) groups excluding carboxylic acids is 1. The van der Waals surface area contributed by atoms with Gasteiger partial charge in [0, 0.05) is 18.2 Å². The molecule has 0 aliphatic heterocycles. The maximum absolute atomic E-state index is 12.0. The summed E-state index contributed by atoms with van der Waals surface area (Å²) in [5, 5.41) is 6.43. The van der Waals surface area contributed by atoms with Gasteiger partial charge in [-0.1, -0.05) is 25.1 Å². The summed E-state index contributed by atoms with van der Waals surface area (Å²) in [6.07, 6.45) is 4.52. The van der Waals surface area contributed by atoms with Gasteiger partial charge >= 0.3 is 0 Å². The molecule has 98 valence electrons. The third-order valence-electron chi connectivity index (χ3n) is 3.29. The van der Waals surface area contributed by atoms with Crippen LogP contribution in [0.1, 0.15) is 42.1 Å². The highest BCUT2D eigenvalue weighted by Gasteiger charge is 2.19. The lowest BCUT2D eigenvalue weighted by Crippen LogP contribution is -2.28. The van der Waals surface area contributed by atoms with Crippen molar-refractivity contribution in [3.05, 3.63) is 35.4 Å². The van der Waals surface area contributed by atoms with Crippen molar-refractivity contribution in [2.45, 2.75) is 38.6 Å². The maximum atomic E-state index is 12.0. The number of carbonyl (C=O) groups is 1. The second-order valence-corrected chi connectivity index (χ2v) is 4.85. The lowest BCUT2D eigenvalue weighted by Gasteiger charge is -2.09. The van der Waals surface area contributed by atoms with E-state index in [2.05, 4.69) is 17.6 Å². The predicted octanol–water partition coefficient (Wildman–Crippen LogP) is 2.12. The Balaban J connectivity index is 1.72. The SMILES string of the molecule is CCc1ccccc1C(=O)NCCCNC1CC1. The van der Waals surface area contributed by atoms with E-state index in [9.17, 15) is 4.79 Å². The molecule has 0 unspecified atom stereocenters. The van der Waals surface area contributed by atoms with Crippen LogP contribution in [0.3, 0.4) is 0 Å². The Bertz CT molecular complexity index is 399. The minimum absolute atomic E-state index is 0.0545. The fraction of sp³-hybridized carbons (Fsp3) is 0.533. The third-order valence-corrected chi connectivity index (χ3v) is 3.29. The normalized spacial score (nSPS) is 14.5. The van der Waals surface area contributed by atoms with E-state index in [4.69, 9.17) is 0 Å². The van der Waals surface area contributed by atoms with Crippen LogP contribution in [0, 0.1) is 0 Å². The van der Waals surface area contributed by atoms with Gasteiger partial charge in [0.15, 0.2) is 0 Å². The van der Waals surface area contributed by atoms with Gasteiger partial charge in [0.1, 0.15) is 0 Å². The number of rotatable bonds is 7. The van der Waals surface area contributed by atoms with Crippen LogP contribution in [-0.2, 0) is 6.42 Å². The molecule has 1 aliphatic carbocycles. The van der Waals surface area contributed by atoms with E-state index < -0.39 is 0 Å². The van der Waals surface area contributed by atoms with Crippen molar-refractivity contribution in [3.63, 3.8) is 0 Å². The number of nitrogens with one attached hydrogen (secondary N) is 2. The largest absolute Gasteiger partial charge is 0.352 e. The molecule has 0 heterocycles. The average molecular weight is 246 g/mol. The molecule has 2 N–H and O–H groups in total. The highest BCUT2D eigenvalue weighted by atomic mass is 16.1. The van der Waals surface area contributed by atoms with Gasteiger partial charge < -0.3 is 10.6 Å². The van der Waals surface area contributed by atoms with Gasteiger partial charge in [-0.2, -0.15) is 0 Å². The van der Waals surface area contributed by atoms with Gasteiger partial charge in [-0.05, 0) is 43.9 Å². The Morgan fingerprint density at radius 1 is 1.28 bits per heavy atom. The van der Waals surface area contributed by atoms with Crippen LogP contribution in [0.2, 0.25) is 0 Å². The number of aryl methyl sites for hydroxylation is 1. The second-order valence-electron chi connectivity index (χ2n) is 4.85. The molecule has 1 amide bonds. The van der Waals surface area contributed by atoms with E-state index in [1.165, 1.54) is 12.8 Å². The molecule has 0 aromatic heterocycles. The molecule has 3 nitrogen and oxygen atoms in total. The van der Waals surface area contributed by atoms with Crippen molar-refractivity contribution in [3.8, 4) is 0 Å². The van der Waals surface area contributed by atoms with E-state index in [1.54, 1.807) is 0 Å². The van der Waals surface area contributed by atoms with E-state index in [0.29, 0.717) is 0 Å². The van der Waals surface area contributed by atoms with Crippen LogP contribution in [0.25, 0.3) is 0 Å². The van der Waals surface area contributed by atoms with E-state index >= 15 is 0 Å². The summed E-state index contributed by atoms with van der Waals surface area (Å²) in [6, 6.07) is 8.57. The summed E-state index contributed by atoms with van der Waals surface area (Å²) in [5.41, 5.74) is 1.93. The fourth-order valence-electron chi connectivity index (χ4n) is 2.03. The molecule has 0 spiro atoms. The lowest BCUT2D eigenvalue weighted by molar-refractivity contribution is 0.0952. The minimum Gasteiger partial charge on any atom is -0.352 e. The molecule has 1 aliphatic rings. The van der Waals surface area contributed by atoms with Crippen molar-refractivity contribution >= 4 is 5.91 Å². The van der Waals surface area contributed by atoms with Crippen molar-refractivity contribution in [1.29, 1.82) is 0 Å². The minimum atomic E-state index is 0.0545. The van der Waals surface area contributed by atoms with Crippen LogP contribution >= 0.6 is 0 Å². The van der Waals surface area contributed by atoms with Crippen molar-refractivity contribution < 1.29 is 4.79 Å². The molecule has 1 saturated carbocycles. The Morgan fingerprint density at radius 2 is 2.06 bits per heavy atom. The molecule has 1 fully saturated rings. The van der Waals surface area contributed by atoms with Crippen LogP contribution in [0.15, 0.2) is 24.3 Å². The zero-order valence-corrected chi connectivity index (χ0v) is 11.0. The van der Waals surface area contributed by atoms with Crippen LogP contribution < -0.4 is 10.6 Å². The van der Waals surface area contributed by atoms with Crippen LogP contribution in [-0.4, -0.2) is 25.0 Å². The average Bonchev–Trinajstić information content (AvgIpc) is 3.22. The highest BCUT2D eigenvalue weighted by Crippen LogP contribution is 2.18. The van der Waals surface area contributed by atoms with E-state index in [0.717, 1.165) is 43.1 Å². The van der Waals surface area contributed by atoms with Gasteiger partial charge in [0.25, 0.3) is 5.91 Å². The standard InChI is InChI=1S/C15H22N2O/c1-2-12-6-3-4-7-14(12)15(18)17-11-5-10-16-13-8-9-13/h3-4,6-7,13,16H,2,5,8-11H2,1H3,(H,17,18). The Hall–Kier alpha value is -1.35. The van der Waals surface area contributed by atoms with Crippen LogP contribution in [0.4, 0.5) is 0 Å². The van der Waals surface area contributed by atoms with Gasteiger partial charge in [0.2, 0.25) is 0 Å². The molecular formula is C15H22N2O. The monoisotopic (exact) mass is 246 g/mol. The summed E-state index contributed by atoms with van der Waals surface area (Å²) in [4.78, 5) is 12.0. The molecule has 0 saturated heterocycles. The van der Waals surface area contributed by atoms with Gasteiger partial charge in [-0.25, -0.2) is 0 Å². The van der Waals surface area contributed by atoms with Crippen molar-refractivity contribution in [2.75, 3.05) is 13.1 Å². The first kappa shape index (κ1) is 13.1. The predicted molar refractivity (Wildman–Crippen MR) is 73.8 cm³/mol. The van der Waals surface area contributed by atoms with E-state index in [-0.39, 0.29) is 5.91 Å². The molecule has 0 bridgehead atoms. The molecule has 1 aromatic carbocycles.